The fourth-order valence-electron chi connectivity index (χ4n) is 1.21. The van der Waals surface area contributed by atoms with Gasteiger partial charge >= 0.3 is 5.97 Å². The third kappa shape index (κ3) is 3.35. The van der Waals surface area contributed by atoms with E-state index in [2.05, 4.69) is 25.9 Å². The fourth-order valence-corrected chi connectivity index (χ4v) is 1.41. The Morgan fingerprint density at radius 2 is 1.82 bits per heavy atom. The molecule has 5 heteroatoms. The second-order valence-electron chi connectivity index (χ2n) is 3.29. The summed E-state index contributed by atoms with van der Waals surface area (Å²) in [5, 5.41) is 0. The summed E-state index contributed by atoms with van der Waals surface area (Å²) in [6, 6.07) is 9.45. The molecule has 0 bridgehead atoms. The fraction of sp³-hybridized carbons (Fsp3) is 0.0833. The zero-order chi connectivity index (χ0) is 12.1. The summed E-state index contributed by atoms with van der Waals surface area (Å²) in [4.78, 5) is 19.3. The number of ether oxygens (including phenoxy) is 1. The van der Waals surface area contributed by atoms with Gasteiger partial charge in [0.25, 0.3) is 0 Å². The van der Waals surface area contributed by atoms with Crippen LogP contribution in [-0.2, 0) is 11.3 Å². The van der Waals surface area contributed by atoms with Crippen LogP contribution in [0.1, 0.15) is 16.2 Å². The molecule has 1 aromatic heterocycles. The summed E-state index contributed by atoms with van der Waals surface area (Å²) < 4.78 is 5.79. The molecule has 1 aromatic carbocycles. The first kappa shape index (κ1) is 11.7. The SMILES string of the molecule is O=C(OCc1ccccc1)c1ncc(Br)cn1. The largest absolute Gasteiger partial charge is 0.455 e. The molecule has 17 heavy (non-hydrogen) atoms. The first-order chi connectivity index (χ1) is 8.25. The van der Waals surface area contributed by atoms with Crippen LogP contribution in [0.4, 0.5) is 0 Å². The second kappa shape index (κ2) is 5.54. The van der Waals surface area contributed by atoms with E-state index in [9.17, 15) is 4.79 Å². The van der Waals surface area contributed by atoms with Crippen molar-refractivity contribution in [2.75, 3.05) is 0 Å². The number of benzene rings is 1. The standard InChI is InChI=1S/C12H9BrN2O2/c13-10-6-14-11(15-7-10)12(16)17-8-9-4-2-1-3-5-9/h1-7H,8H2. The van der Waals surface area contributed by atoms with Gasteiger partial charge in [-0.3, -0.25) is 0 Å². The van der Waals surface area contributed by atoms with Gasteiger partial charge in [-0.2, -0.15) is 0 Å². The maximum absolute atomic E-state index is 11.6. The highest BCUT2D eigenvalue weighted by molar-refractivity contribution is 9.10. The average molecular weight is 293 g/mol. The number of hydrogen-bond acceptors (Lipinski definition) is 4. The number of halogens is 1. The Morgan fingerprint density at radius 1 is 1.18 bits per heavy atom. The minimum absolute atomic E-state index is 0.0594. The molecule has 86 valence electrons. The number of carbonyl (C=O) groups is 1. The van der Waals surface area contributed by atoms with Crippen molar-refractivity contribution < 1.29 is 9.53 Å². The molecule has 0 saturated carbocycles. The van der Waals surface area contributed by atoms with E-state index in [-0.39, 0.29) is 12.4 Å². The predicted octanol–water partition coefficient (Wildman–Crippen LogP) is 2.60. The van der Waals surface area contributed by atoms with E-state index in [1.165, 1.54) is 12.4 Å². The van der Waals surface area contributed by atoms with Crippen molar-refractivity contribution in [1.82, 2.24) is 9.97 Å². The van der Waals surface area contributed by atoms with Crippen LogP contribution >= 0.6 is 15.9 Å². The zero-order valence-corrected chi connectivity index (χ0v) is 10.4. The van der Waals surface area contributed by atoms with Gasteiger partial charge in [0.1, 0.15) is 6.61 Å². The van der Waals surface area contributed by atoms with E-state index in [1.54, 1.807) is 0 Å². The van der Waals surface area contributed by atoms with Crippen LogP contribution in [0.15, 0.2) is 47.2 Å². The van der Waals surface area contributed by atoms with Gasteiger partial charge in [0.15, 0.2) is 0 Å². The topological polar surface area (TPSA) is 52.1 Å². The van der Waals surface area contributed by atoms with Gasteiger partial charge in [0.05, 0.1) is 4.47 Å². The number of rotatable bonds is 3. The molecule has 1 heterocycles. The van der Waals surface area contributed by atoms with Crippen LogP contribution in [0.25, 0.3) is 0 Å². The highest BCUT2D eigenvalue weighted by atomic mass is 79.9. The summed E-state index contributed by atoms with van der Waals surface area (Å²) in [6.45, 7) is 0.221. The quantitative estimate of drug-likeness (QED) is 0.816. The zero-order valence-electron chi connectivity index (χ0n) is 8.84. The molecule has 0 aliphatic heterocycles. The first-order valence-electron chi connectivity index (χ1n) is 4.94. The average Bonchev–Trinajstić information content (AvgIpc) is 2.38. The van der Waals surface area contributed by atoms with E-state index < -0.39 is 5.97 Å². The number of hydrogen-bond donors (Lipinski definition) is 0. The van der Waals surface area contributed by atoms with Crippen LogP contribution in [0.2, 0.25) is 0 Å². The lowest BCUT2D eigenvalue weighted by molar-refractivity contribution is 0.0458. The molecule has 0 radical (unpaired) electrons. The van der Waals surface area contributed by atoms with E-state index in [4.69, 9.17) is 4.74 Å². The second-order valence-corrected chi connectivity index (χ2v) is 4.20. The van der Waals surface area contributed by atoms with Gasteiger partial charge < -0.3 is 4.74 Å². The van der Waals surface area contributed by atoms with Gasteiger partial charge in [0.2, 0.25) is 5.82 Å². The Balaban J connectivity index is 1.96. The number of esters is 1. The van der Waals surface area contributed by atoms with Gasteiger partial charge in [-0.25, -0.2) is 14.8 Å². The molecule has 0 unspecified atom stereocenters. The summed E-state index contributed by atoms with van der Waals surface area (Å²) in [7, 11) is 0. The van der Waals surface area contributed by atoms with Crippen molar-refractivity contribution in [2.45, 2.75) is 6.61 Å². The highest BCUT2D eigenvalue weighted by Crippen LogP contribution is 2.06. The monoisotopic (exact) mass is 292 g/mol. The molecule has 4 nitrogen and oxygen atoms in total. The van der Waals surface area contributed by atoms with Crippen LogP contribution in [0.3, 0.4) is 0 Å². The lowest BCUT2D eigenvalue weighted by atomic mass is 10.2. The molecule has 0 N–H and O–H groups in total. The molecule has 0 spiro atoms. The van der Waals surface area contributed by atoms with Crippen molar-refractivity contribution >= 4 is 21.9 Å². The Kier molecular flexibility index (Phi) is 3.82. The van der Waals surface area contributed by atoms with Gasteiger partial charge in [-0.15, -0.1) is 0 Å². The molecule has 0 fully saturated rings. The first-order valence-corrected chi connectivity index (χ1v) is 5.73. The summed E-state index contributed by atoms with van der Waals surface area (Å²) in [5.74, 6) is -0.467. The molecular weight excluding hydrogens is 284 g/mol. The summed E-state index contributed by atoms with van der Waals surface area (Å²) in [6.07, 6.45) is 3.01. The van der Waals surface area contributed by atoms with Crippen molar-refractivity contribution in [3.05, 3.63) is 58.6 Å². The number of carbonyl (C=O) groups excluding carboxylic acids is 1. The Bertz CT molecular complexity index is 500. The molecule has 0 aliphatic carbocycles. The molecule has 0 aliphatic rings. The van der Waals surface area contributed by atoms with Crippen LogP contribution in [-0.4, -0.2) is 15.9 Å². The lowest BCUT2D eigenvalue weighted by Gasteiger charge is -2.03. The van der Waals surface area contributed by atoms with Crippen LogP contribution in [0, 0.1) is 0 Å². The number of nitrogens with zero attached hydrogens (tertiary/aromatic N) is 2. The van der Waals surface area contributed by atoms with Gasteiger partial charge in [0, 0.05) is 12.4 Å². The molecule has 2 aromatic rings. The molecular formula is C12H9BrN2O2. The Hall–Kier alpha value is -1.75. The molecule has 2 rings (SSSR count). The third-order valence-electron chi connectivity index (χ3n) is 2.02. The maximum Gasteiger partial charge on any atom is 0.376 e. The van der Waals surface area contributed by atoms with Crippen molar-refractivity contribution in [3.63, 3.8) is 0 Å². The molecule has 0 saturated heterocycles. The van der Waals surface area contributed by atoms with Gasteiger partial charge in [-0.1, -0.05) is 30.3 Å². The third-order valence-corrected chi connectivity index (χ3v) is 2.43. The minimum Gasteiger partial charge on any atom is -0.455 e. The highest BCUT2D eigenvalue weighted by Gasteiger charge is 2.10. The van der Waals surface area contributed by atoms with Crippen molar-refractivity contribution in [2.24, 2.45) is 0 Å². The van der Waals surface area contributed by atoms with E-state index in [0.29, 0.717) is 0 Å². The minimum atomic E-state index is -0.527. The lowest BCUT2D eigenvalue weighted by Crippen LogP contribution is -2.09. The predicted molar refractivity (Wildman–Crippen MR) is 65.3 cm³/mol. The summed E-state index contributed by atoms with van der Waals surface area (Å²) in [5.41, 5.74) is 0.929. The smallest absolute Gasteiger partial charge is 0.376 e. The van der Waals surface area contributed by atoms with Gasteiger partial charge in [-0.05, 0) is 21.5 Å². The maximum atomic E-state index is 11.6. The Morgan fingerprint density at radius 3 is 2.47 bits per heavy atom. The Labute approximate surface area is 107 Å². The molecule has 0 atom stereocenters. The number of aromatic nitrogens is 2. The van der Waals surface area contributed by atoms with Crippen molar-refractivity contribution in [3.8, 4) is 0 Å². The molecule has 0 amide bonds. The summed E-state index contributed by atoms with van der Waals surface area (Å²) >= 11 is 3.19. The van der Waals surface area contributed by atoms with E-state index in [1.807, 2.05) is 30.3 Å². The van der Waals surface area contributed by atoms with E-state index >= 15 is 0 Å². The van der Waals surface area contributed by atoms with Crippen molar-refractivity contribution in [1.29, 1.82) is 0 Å². The van der Waals surface area contributed by atoms with E-state index in [0.717, 1.165) is 10.0 Å². The normalized spacial score (nSPS) is 9.94. The van der Waals surface area contributed by atoms with Crippen LogP contribution in [0.5, 0.6) is 0 Å². The van der Waals surface area contributed by atoms with Crippen LogP contribution < -0.4 is 0 Å².